The molecule has 0 aliphatic heterocycles. The Morgan fingerprint density at radius 3 is 2.23 bits per heavy atom. The van der Waals surface area contributed by atoms with E-state index >= 15 is 0 Å². The summed E-state index contributed by atoms with van der Waals surface area (Å²) in [5.74, 6) is -0.763. The Kier molecular flexibility index (Phi) is 6.91. The first kappa shape index (κ1) is 17.5. The van der Waals surface area contributed by atoms with Gasteiger partial charge in [0.1, 0.15) is 12.2 Å². The topological polar surface area (TPSA) is 91.3 Å². The molecular weight excluding hydrogens is 292 g/mol. The van der Waals surface area contributed by atoms with Gasteiger partial charge in [0.05, 0.1) is 27.9 Å². The van der Waals surface area contributed by atoms with Crippen molar-refractivity contribution in [1.29, 1.82) is 0 Å². The second-order valence-corrected chi connectivity index (χ2v) is 4.02. The highest BCUT2D eigenvalue weighted by Crippen LogP contribution is 2.29. The van der Waals surface area contributed by atoms with Crippen LogP contribution in [0.3, 0.4) is 0 Å². The van der Waals surface area contributed by atoms with Gasteiger partial charge >= 0.3 is 11.9 Å². The second kappa shape index (κ2) is 8.68. The van der Waals surface area contributed by atoms with Crippen molar-refractivity contribution in [2.24, 2.45) is 0 Å². The van der Waals surface area contributed by atoms with Crippen molar-refractivity contribution in [2.45, 2.75) is 0 Å². The summed E-state index contributed by atoms with van der Waals surface area (Å²) in [4.78, 5) is 23.2. The zero-order valence-corrected chi connectivity index (χ0v) is 12.6. The van der Waals surface area contributed by atoms with Crippen LogP contribution in [0.1, 0.15) is 5.56 Å². The number of aliphatic hydroxyl groups is 1. The molecule has 120 valence electrons. The molecule has 0 bridgehead atoms. The Morgan fingerprint density at radius 1 is 1.09 bits per heavy atom. The number of esters is 2. The molecular formula is C15H18O7. The fraction of sp³-hybridized carbons (Fsp3) is 0.333. The van der Waals surface area contributed by atoms with Gasteiger partial charge in [-0.05, 0) is 23.8 Å². The lowest BCUT2D eigenvalue weighted by Crippen LogP contribution is -2.15. The van der Waals surface area contributed by atoms with Gasteiger partial charge in [0.15, 0.2) is 11.5 Å². The second-order valence-electron chi connectivity index (χ2n) is 4.02. The van der Waals surface area contributed by atoms with Crippen LogP contribution in [-0.2, 0) is 19.1 Å². The highest BCUT2D eigenvalue weighted by atomic mass is 16.5. The van der Waals surface area contributed by atoms with E-state index in [-0.39, 0.29) is 18.8 Å². The predicted octanol–water partition coefficient (Wildman–Crippen LogP) is 0.796. The maximum Gasteiger partial charge on any atom is 0.345 e. The molecule has 0 atom stereocenters. The largest absolute Gasteiger partial charge is 0.493 e. The summed E-state index contributed by atoms with van der Waals surface area (Å²) in [6, 6.07) is 4.81. The van der Waals surface area contributed by atoms with Crippen LogP contribution in [0.4, 0.5) is 0 Å². The van der Waals surface area contributed by atoms with Crippen molar-refractivity contribution >= 4 is 18.0 Å². The number of aliphatic hydroxyl groups excluding tert-OH is 1. The third-order valence-electron chi connectivity index (χ3n) is 2.66. The van der Waals surface area contributed by atoms with E-state index < -0.39 is 11.9 Å². The zero-order valence-electron chi connectivity index (χ0n) is 12.6. The molecule has 1 aromatic carbocycles. The van der Waals surface area contributed by atoms with Gasteiger partial charge in [-0.3, -0.25) is 0 Å². The molecule has 7 nitrogen and oxygen atoms in total. The van der Waals surface area contributed by atoms with Gasteiger partial charge in [-0.1, -0.05) is 6.07 Å². The summed E-state index contributed by atoms with van der Waals surface area (Å²) in [5.41, 5.74) is 0.287. The Hall–Kier alpha value is -2.54. The first-order valence-corrected chi connectivity index (χ1v) is 6.37. The van der Waals surface area contributed by atoms with E-state index in [1.54, 1.807) is 18.2 Å². The van der Waals surface area contributed by atoms with Gasteiger partial charge in [-0.25, -0.2) is 9.59 Å². The van der Waals surface area contributed by atoms with Gasteiger partial charge in [0.25, 0.3) is 0 Å². The number of rotatable bonds is 7. The number of carbonyl (C=O) groups excluding carboxylic acids is 2. The minimum Gasteiger partial charge on any atom is -0.493 e. The minimum absolute atomic E-state index is 0.125. The van der Waals surface area contributed by atoms with E-state index in [0.29, 0.717) is 17.1 Å². The molecule has 1 aromatic rings. The molecule has 0 fully saturated rings. The maximum absolute atomic E-state index is 11.6. The van der Waals surface area contributed by atoms with Crippen molar-refractivity contribution in [1.82, 2.24) is 0 Å². The van der Waals surface area contributed by atoms with Gasteiger partial charge in [0, 0.05) is 0 Å². The SMILES string of the molecule is COC(=O)C(=Cc1ccc(OCCO)c(OC)c1)C(=O)OC. The zero-order chi connectivity index (χ0) is 16.5. The molecule has 0 aliphatic rings. The Labute approximate surface area is 128 Å². The van der Waals surface area contributed by atoms with E-state index in [1.165, 1.54) is 27.4 Å². The van der Waals surface area contributed by atoms with Crippen molar-refractivity contribution < 1.29 is 33.6 Å². The van der Waals surface area contributed by atoms with Crippen LogP contribution >= 0.6 is 0 Å². The molecule has 0 heterocycles. The van der Waals surface area contributed by atoms with Crippen LogP contribution in [-0.4, -0.2) is 51.6 Å². The van der Waals surface area contributed by atoms with Crippen LogP contribution in [0, 0.1) is 0 Å². The Morgan fingerprint density at radius 2 is 1.73 bits per heavy atom. The average molecular weight is 310 g/mol. The van der Waals surface area contributed by atoms with Crippen molar-refractivity contribution in [3.8, 4) is 11.5 Å². The monoisotopic (exact) mass is 310 g/mol. The summed E-state index contributed by atoms with van der Waals surface area (Å²) < 4.78 is 19.6. The summed E-state index contributed by atoms with van der Waals surface area (Å²) in [7, 11) is 3.80. The number of hydrogen-bond acceptors (Lipinski definition) is 7. The van der Waals surface area contributed by atoms with E-state index in [0.717, 1.165) is 0 Å². The molecule has 0 unspecified atom stereocenters. The van der Waals surface area contributed by atoms with Crippen LogP contribution in [0.2, 0.25) is 0 Å². The fourth-order valence-electron chi connectivity index (χ4n) is 1.64. The third-order valence-corrected chi connectivity index (χ3v) is 2.66. The normalized spacial score (nSPS) is 9.64. The van der Waals surface area contributed by atoms with Gasteiger partial charge in [-0.15, -0.1) is 0 Å². The third kappa shape index (κ3) is 4.49. The summed E-state index contributed by atoms with van der Waals surface area (Å²) >= 11 is 0. The number of methoxy groups -OCH3 is 3. The van der Waals surface area contributed by atoms with Crippen molar-refractivity contribution in [3.63, 3.8) is 0 Å². The molecule has 7 heteroatoms. The number of hydrogen-bond donors (Lipinski definition) is 1. The molecule has 1 rings (SSSR count). The number of benzene rings is 1. The van der Waals surface area contributed by atoms with Crippen molar-refractivity contribution in [3.05, 3.63) is 29.3 Å². The fourth-order valence-corrected chi connectivity index (χ4v) is 1.64. The highest BCUT2D eigenvalue weighted by Gasteiger charge is 2.20. The summed E-state index contributed by atoms with van der Waals surface area (Å²) in [5, 5.41) is 8.76. The molecule has 0 amide bonds. The van der Waals surface area contributed by atoms with Gasteiger partial charge in [-0.2, -0.15) is 0 Å². The lowest BCUT2D eigenvalue weighted by molar-refractivity contribution is -0.143. The average Bonchev–Trinajstić information content (AvgIpc) is 2.56. The van der Waals surface area contributed by atoms with E-state index in [4.69, 9.17) is 14.6 Å². The Balaban J connectivity index is 3.16. The molecule has 0 spiro atoms. The maximum atomic E-state index is 11.6. The smallest absolute Gasteiger partial charge is 0.345 e. The molecule has 1 N–H and O–H groups in total. The number of carbonyl (C=O) groups is 2. The van der Waals surface area contributed by atoms with E-state index in [1.807, 2.05) is 0 Å². The van der Waals surface area contributed by atoms with Crippen LogP contribution in [0.25, 0.3) is 6.08 Å². The quantitative estimate of drug-likeness (QED) is 0.344. The van der Waals surface area contributed by atoms with E-state index in [9.17, 15) is 9.59 Å². The molecule has 22 heavy (non-hydrogen) atoms. The van der Waals surface area contributed by atoms with Gasteiger partial charge < -0.3 is 24.1 Å². The van der Waals surface area contributed by atoms with Crippen LogP contribution in [0.5, 0.6) is 11.5 Å². The first-order chi connectivity index (χ1) is 10.6. The van der Waals surface area contributed by atoms with Gasteiger partial charge in [0.2, 0.25) is 0 Å². The van der Waals surface area contributed by atoms with Crippen LogP contribution in [0.15, 0.2) is 23.8 Å². The molecule has 0 aromatic heterocycles. The van der Waals surface area contributed by atoms with E-state index in [2.05, 4.69) is 9.47 Å². The molecule has 0 saturated carbocycles. The minimum atomic E-state index is -0.800. The lowest BCUT2D eigenvalue weighted by atomic mass is 10.1. The molecule has 0 saturated heterocycles. The summed E-state index contributed by atoms with van der Waals surface area (Å²) in [6.07, 6.45) is 1.33. The predicted molar refractivity (Wildman–Crippen MR) is 77.6 cm³/mol. The standard InChI is InChI=1S/C15H18O7/c1-19-13-9-10(4-5-12(13)22-7-6-16)8-11(14(17)20-2)15(18)21-3/h4-5,8-9,16H,6-7H2,1-3H3. The lowest BCUT2D eigenvalue weighted by Gasteiger charge is -2.10. The summed E-state index contributed by atoms with van der Waals surface area (Å²) in [6.45, 7) is 0.000749. The highest BCUT2D eigenvalue weighted by molar-refractivity contribution is 6.17. The molecule has 0 aliphatic carbocycles. The van der Waals surface area contributed by atoms with Crippen molar-refractivity contribution in [2.75, 3.05) is 34.5 Å². The van der Waals surface area contributed by atoms with Crippen LogP contribution < -0.4 is 9.47 Å². The first-order valence-electron chi connectivity index (χ1n) is 6.37. The molecule has 0 radical (unpaired) electrons. The number of ether oxygens (including phenoxy) is 4. The Bertz CT molecular complexity index is 545.